The molecule has 2 aromatic rings. The average molecular weight is 356 g/mol. The highest BCUT2D eigenvalue weighted by molar-refractivity contribution is 5.48. The summed E-state index contributed by atoms with van der Waals surface area (Å²) in [6, 6.07) is 16.4. The van der Waals surface area contributed by atoms with Gasteiger partial charge in [0.1, 0.15) is 11.5 Å². The number of anilines is 1. The number of unbranched alkanes of at least 4 members (excludes halogenated alkanes) is 4. The third-order valence-corrected chi connectivity index (χ3v) is 4.14. The van der Waals surface area contributed by atoms with Crippen molar-refractivity contribution < 1.29 is 9.47 Å². The Kier molecular flexibility index (Phi) is 8.88. The zero-order valence-electron chi connectivity index (χ0n) is 16.5. The molecule has 0 aromatic heterocycles. The Hall–Kier alpha value is -2.16. The largest absolute Gasteiger partial charge is 0.494 e. The van der Waals surface area contributed by atoms with Crippen LogP contribution in [0.15, 0.2) is 48.5 Å². The molecule has 0 aliphatic carbocycles. The van der Waals surface area contributed by atoms with Crippen LogP contribution in [0.1, 0.15) is 58.4 Å². The van der Waals surface area contributed by atoms with Crippen LogP contribution in [0.25, 0.3) is 0 Å². The summed E-state index contributed by atoms with van der Waals surface area (Å²) < 4.78 is 11.6. The van der Waals surface area contributed by atoms with E-state index in [-0.39, 0.29) is 6.10 Å². The first-order chi connectivity index (χ1) is 12.7. The molecule has 0 saturated carbocycles. The summed E-state index contributed by atoms with van der Waals surface area (Å²) in [5.41, 5.74) is 2.30. The predicted molar refractivity (Wildman–Crippen MR) is 110 cm³/mol. The molecule has 0 radical (unpaired) electrons. The van der Waals surface area contributed by atoms with Crippen LogP contribution >= 0.6 is 0 Å². The smallest absolute Gasteiger partial charge is 0.121 e. The summed E-state index contributed by atoms with van der Waals surface area (Å²) in [5, 5.41) is 3.46. The molecule has 142 valence electrons. The monoisotopic (exact) mass is 355 g/mol. The zero-order chi connectivity index (χ0) is 18.6. The second kappa shape index (κ2) is 11.5. The highest BCUT2D eigenvalue weighted by Gasteiger charge is 2.00. The molecule has 0 saturated heterocycles. The maximum atomic E-state index is 5.88. The molecule has 0 atom stereocenters. The highest BCUT2D eigenvalue weighted by atomic mass is 16.5. The fourth-order valence-electron chi connectivity index (χ4n) is 2.75. The Morgan fingerprint density at radius 3 is 2.38 bits per heavy atom. The van der Waals surface area contributed by atoms with E-state index in [1.54, 1.807) is 0 Å². The molecule has 0 spiro atoms. The number of hydrogen-bond acceptors (Lipinski definition) is 3. The van der Waals surface area contributed by atoms with Crippen LogP contribution in [0.4, 0.5) is 5.69 Å². The Labute approximate surface area is 158 Å². The third kappa shape index (κ3) is 7.81. The van der Waals surface area contributed by atoms with Crippen LogP contribution in [0.3, 0.4) is 0 Å². The third-order valence-electron chi connectivity index (χ3n) is 4.14. The molecule has 2 aromatic carbocycles. The Morgan fingerprint density at radius 2 is 1.65 bits per heavy atom. The minimum absolute atomic E-state index is 0.202. The lowest BCUT2D eigenvalue weighted by molar-refractivity contribution is 0.242. The van der Waals surface area contributed by atoms with Gasteiger partial charge in [-0.15, -0.1) is 0 Å². The average Bonchev–Trinajstić information content (AvgIpc) is 2.64. The van der Waals surface area contributed by atoms with Crippen LogP contribution in [0.5, 0.6) is 11.5 Å². The molecular formula is C23H33NO2. The predicted octanol–water partition coefficient (Wildman–Crippen LogP) is 6.44. The lowest BCUT2D eigenvalue weighted by atomic mass is 10.2. The van der Waals surface area contributed by atoms with E-state index in [0.29, 0.717) is 0 Å². The van der Waals surface area contributed by atoms with Crippen LogP contribution in [0.2, 0.25) is 0 Å². The van der Waals surface area contributed by atoms with Gasteiger partial charge in [0.25, 0.3) is 0 Å². The summed E-state index contributed by atoms with van der Waals surface area (Å²) in [5.74, 6) is 1.85. The lowest BCUT2D eigenvalue weighted by Crippen LogP contribution is -2.05. The van der Waals surface area contributed by atoms with E-state index in [2.05, 4.69) is 36.5 Å². The number of ether oxygens (including phenoxy) is 2. The van der Waals surface area contributed by atoms with E-state index in [1.165, 1.54) is 31.2 Å². The second-order valence-electron chi connectivity index (χ2n) is 6.95. The van der Waals surface area contributed by atoms with Gasteiger partial charge in [-0.05, 0) is 50.1 Å². The molecule has 0 aliphatic rings. The van der Waals surface area contributed by atoms with Gasteiger partial charge in [0, 0.05) is 18.3 Å². The van der Waals surface area contributed by atoms with Gasteiger partial charge >= 0.3 is 0 Å². The first-order valence-corrected chi connectivity index (χ1v) is 9.89. The van der Waals surface area contributed by atoms with Crippen molar-refractivity contribution in [3.05, 3.63) is 54.1 Å². The number of benzene rings is 2. The normalized spacial score (nSPS) is 10.8. The Balaban J connectivity index is 1.75. The van der Waals surface area contributed by atoms with E-state index in [1.807, 2.05) is 38.1 Å². The van der Waals surface area contributed by atoms with Gasteiger partial charge in [-0.2, -0.15) is 0 Å². The molecular weight excluding hydrogens is 322 g/mol. The summed E-state index contributed by atoms with van der Waals surface area (Å²) in [4.78, 5) is 0. The first-order valence-electron chi connectivity index (χ1n) is 9.89. The zero-order valence-corrected chi connectivity index (χ0v) is 16.5. The second-order valence-corrected chi connectivity index (χ2v) is 6.95. The van der Waals surface area contributed by atoms with Crippen LogP contribution in [0, 0.1) is 0 Å². The van der Waals surface area contributed by atoms with Gasteiger partial charge in [-0.25, -0.2) is 0 Å². The fraction of sp³-hybridized carbons (Fsp3) is 0.478. The van der Waals surface area contributed by atoms with Crippen molar-refractivity contribution in [2.75, 3.05) is 11.9 Å². The van der Waals surface area contributed by atoms with E-state index >= 15 is 0 Å². The van der Waals surface area contributed by atoms with Gasteiger partial charge in [0.05, 0.1) is 12.7 Å². The highest BCUT2D eigenvalue weighted by Crippen LogP contribution is 2.19. The maximum Gasteiger partial charge on any atom is 0.121 e. The molecule has 2 rings (SSSR count). The lowest BCUT2D eigenvalue weighted by Gasteiger charge is -2.12. The Bertz CT molecular complexity index is 622. The van der Waals surface area contributed by atoms with E-state index in [9.17, 15) is 0 Å². The van der Waals surface area contributed by atoms with Crippen molar-refractivity contribution in [2.45, 2.75) is 65.5 Å². The molecule has 1 N–H and O–H groups in total. The standard InChI is InChI=1S/C23H33NO2/c1-4-5-6-7-8-16-25-23-11-9-10-21(17-23)24-18-20-12-14-22(15-13-20)26-19(2)3/h9-15,17,19,24H,4-8,16,18H2,1-3H3. The fourth-order valence-corrected chi connectivity index (χ4v) is 2.75. The summed E-state index contributed by atoms with van der Waals surface area (Å²) in [7, 11) is 0. The molecule has 26 heavy (non-hydrogen) atoms. The molecule has 0 heterocycles. The summed E-state index contributed by atoms with van der Waals surface area (Å²) >= 11 is 0. The minimum atomic E-state index is 0.202. The quantitative estimate of drug-likeness (QED) is 0.445. The van der Waals surface area contributed by atoms with Crippen molar-refractivity contribution >= 4 is 5.69 Å². The molecule has 0 bridgehead atoms. The Morgan fingerprint density at radius 1 is 0.885 bits per heavy atom. The van der Waals surface area contributed by atoms with E-state index in [0.717, 1.165) is 36.8 Å². The van der Waals surface area contributed by atoms with Crippen LogP contribution in [-0.2, 0) is 6.54 Å². The molecule has 0 aliphatic heterocycles. The summed E-state index contributed by atoms with van der Waals surface area (Å²) in [6.07, 6.45) is 6.49. The SMILES string of the molecule is CCCCCCCOc1cccc(NCc2ccc(OC(C)C)cc2)c1. The first kappa shape index (κ1) is 20.2. The minimum Gasteiger partial charge on any atom is -0.494 e. The van der Waals surface area contributed by atoms with Gasteiger partial charge < -0.3 is 14.8 Å². The summed E-state index contributed by atoms with van der Waals surface area (Å²) in [6.45, 7) is 7.89. The van der Waals surface area contributed by atoms with E-state index < -0.39 is 0 Å². The molecule has 0 fully saturated rings. The van der Waals surface area contributed by atoms with Gasteiger partial charge in [0.15, 0.2) is 0 Å². The van der Waals surface area contributed by atoms with Crippen molar-refractivity contribution in [3.8, 4) is 11.5 Å². The van der Waals surface area contributed by atoms with Gasteiger partial charge in [-0.3, -0.25) is 0 Å². The van der Waals surface area contributed by atoms with Crippen LogP contribution < -0.4 is 14.8 Å². The number of nitrogens with one attached hydrogen (secondary N) is 1. The van der Waals surface area contributed by atoms with Crippen molar-refractivity contribution in [3.63, 3.8) is 0 Å². The molecule has 3 nitrogen and oxygen atoms in total. The van der Waals surface area contributed by atoms with Crippen molar-refractivity contribution in [1.29, 1.82) is 0 Å². The molecule has 3 heteroatoms. The van der Waals surface area contributed by atoms with Gasteiger partial charge in [-0.1, -0.05) is 50.8 Å². The maximum absolute atomic E-state index is 5.88. The number of hydrogen-bond donors (Lipinski definition) is 1. The number of rotatable bonds is 12. The molecule has 0 amide bonds. The van der Waals surface area contributed by atoms with Gasteiger partial charge in [0.2, 0.25) is 0 Å². The topological polar surface area (TPSA) is 30.5 Å². The van der Waals surface area contributed by atoms with Crippen molar-refractivity contribution in [2.24, 2.45) is 0 Å². The molecule has 0 unspecified atom stereocenters. The van der Waals surface area contributed by atoms with Crippen molar-refractivity contribution in [1.82, 2.24) is 0 Å². The van der Waals surface area contributed by atoms with E-state index in [4.69, 9.17) is 9.47 Å². The van der Waals surface area contributed by atoms with Crippen LogP contribution in [-0.4, -0.2) is 12.7 Å².